The molecule has 0 aliphatic heterocycles. The van der Waals surface area contributed by atoms with Crippen molar-refractivity contribution in [2.24, 2.45) is 0 Å². The van der Waals surface area contributed by atoms with E-state index in [1.807, 2.05) is 18.5 Å². The van der Waals surface area contributed by atoms with Crippen LogP contribution in [0.1, 0.15) is 35.4 Å². The molecule has 0 atom stereocenters. The van der Waals surface area contributed by atoms with Crippen LogP contribution < -0.4 is 0 Å². The Labute approximate surface area is 119 Å². The lowest BCUT2D eigenvalue weighted by atomic mass is 10.0. The van der Waals surface area contributed by atoms with E-state index in [1.54, 1.807) is 0 Å². The highest BCUT2D eigenvalue weighted by atomic mass is 16.2. The van der Waals surface area contributed by atoms with Crippen molar-refractivity contribution in [3.05, 3.63) is 53.1 Å². The first-order chi connectivity index (χ1) is 9.86. The number of aryl methyl sites for hydroxylation is 1. The van der Waals surface area contributed by atoms with E-state index in [9.17, 15) is 0 Å². The molecule has 20 heavy (non-hydrogen) atoms. The minimum absolute atomic E-state index is 0.0980. The van der Waals surface area contributed by atoms with Gasteiger partial charge < -0.3 is 9.67 Å². The predicted octanol–water partition coefficient (Wildman–Crippen LogP) is 2.15. The Balaban J connectivity index is 1.82. The summed E-state index contributed by atoms with van der Waals surface area (Å²) in [4.78, 5) is 4.53. The standard InChI is InChI=1S/C17H18N2O/c20-10-4-7-14-5-3-6-15(11-14)12-19-13-18-16-8-1-2-9-17(16)19/h3,5-6,11,13,20H,1-2,8-10,12H2. The Hall–Kier alpha value is -2.05. The van der Waals surface area contributed by atoms with E-state index in [1.165, 1.54) is 29.8 Å². The number of rotatable bonds is 2. The van der Waals surface area contributed by atoms with Gasteiger partial charge in [0.1, 0.15) is 6.61 Å². The Bertz CT molecular complexity index is 661. The number of aliphatic hydroxyl groups is 1. The molecule has 0 radical (unpaired) electrons. The van der Waals surface area contributed by atoms with Crippen molar-refractivity contribution in [1.82, 2.24) is 9.55 Å². The maximum atomic E-state index is 8.75. The van der Waals surface area contributed by atoms with E-state index in [4.69, 9.17) is 5.11 Å². The lowest BCUT2D eigenvalue weighted by Gasteiger charge is -2.14. The van der Waals surface area contributed by atoms with Gasteiger partial charge in [-0.3, -0.25) is 0 Å². The third-order valence-corrected chi connectivity index (χ3v) is 3.70. The lowest BCUT2D eigenvalue weighted by Crippen LogP contribution is -2.09. The van der Waals surface area contributed by atoms with Crippen LogP contribution in [0.25, 0.3) is 0 Å². The molecular formula is C17H18N2O. The Morgan fingerprint density at radius 1 is 1.25 bits per heavy atom. The number of hydrogen-bond donors (Lipinski definition) is 1. The van der Waals surface area contributed by atoms with Gasteiger partial charge in [-0.2, -0.15) is 0 Å². The number of fused-ring (bicyclic) bond motifs is 1. The fraction of sp³-hybridized carbons (Fsp3) is 0.353. The molecule has 3 heteroatoms. The topological polar surface area (TPSA) is 38.0 Å². The zero-order valence-corrected chi connectivity index (χ0v) is 11.5. The van der Waals surface area contributed by atoms with Crippen LogP contribution in [-0.4, -0.2) is 21.3 Å². The second kappa shape index (κ2) is 5.94. The number of nitrogens with zero attached hydrogens (tertiary/aromatic N) is 2. The maximum absolute atomic E-state index is 8.75. The van der Waals surface area contributed by atoms with Crippen molar-refractivity contribution in [2.75, 3.05) is 6.61 Å². The minimum Gasteiger partial charge on any atom is -0.384 e. The first-order valence-corrected chi connectivity index (χ1v) is 7.08. The van der Waals surface area contributed by atoms with E-state index >= 15 is 0 Å². The van der Waals surface area contributed by atoms with E-state index in [-0.39, 0.29) is 6.61 Å². The lowest BCUT2D eigenvalue weighted by molar-refractivity contribution is 0.350. The molecule has 2 aromatic rings. The summed E-state index contributed by atoms with van der Waals surface area (Å²) in [5.74, 6) is 5.64. The third kappa shape index (κ3) is 2.76. The van der Waals surface area contributed by atoms with Gasteiger partial charge in [-0.05, 0) is 43.4 Å². The molecule has 1 aromatic heterocycles. The quantitative estimate of drug-likeness (QED) is 0.846. The number of imidazole rings is 1. The number of hydrogen-bond acceptors (Lipinski definition) is 2. The summed E-state index contributed by atoms with van der Waals surface area (Å²) in [5.41, 5.74) is 4.83. The molecule has 0 unspecified atom stereocenters. The van der Waals surface area contributed by atoms with Crippen molar-refractivity contribution in [3.63, 3.8) is 0 Å². The monoisotopic (exact) mass is 266 g/mol. The molecule has 0 spiro atoms. The van der Waals surface area contributed by atoms with Crippen molar-refractivity contribution < 1.29 is 5.11 Å². The maximum Gasteiger partial charge on any atom is 0.104 e. The zero-order valence-electron chi connectivity index (χ0n) is 11.5. The summed E-state index contributed by atoms with van der Waals surface area (Å²) in [6.45, 7) is 0.746. The summed E-state index contributed by atoms with van der Waals surface area (Å²) in [7, 11) is 0. The molecule has 0 fully saturated rings. The molecule has 102 valence electrons. The number of aliphatic hydroxyl groups excluding tert-OH is 1. The first-order valence-electron chi connectivity index (χ1n) is 7.08. The van der Waals surface area contributed by atoms with Crippen LogP contribution >= 0.6 is 0 Å². The van der Waals surface area contributed by atoms with Gasteiger partial charge >= 0.3 is 0 Å². The highest BCUT2D eigenvalue weighted by Gasteiger charge is 2.14. The Morgan fingerprint density at radius 3 is 3.05 bits per heavy atom. The van der Waals surface area contributed by atoms with Crippen molar-refractivity contribution in [3.8, 4) is 11.8 Å². The van der Waals surface area contributed by atoms with Crippen LogP contribution in [0.3, 0.4) is 0 Å². The van der Waals surface area contributed by atoms with Crippen LogP contribution in [-0.2, 0) is 19.4 Å². The molecule has 1 aliphatic rings. The highest BCUT2D eigenvalue weighted by Crippen LogP contribution is 2.20. The molecule has 3 rings (SSSR count). The van der Waals surface area contributed by atoms with E-state index < -0.39 is 0 Å². The predicted molar refractivity (Wildman–Crippen MR) is 78.4 cm³/mol. The summed E-state index contributed by atoms with van der Waals surface area (Å²) in [6.07, 6.45) is 6.74. The Morgan fingerprint density at radius 2 is 2.15 bits per heavy atom. The minimum atomic E-state index is -0.0980. The van der Waals surface area contributed by atoms with Crippen LogP contribution in [0.4, 0.5) is 0 Å². The molecule has 3 nitrogen and oxygen atoms in total. The van der Waals surface area contributed by atoms with Gasteiger partial charge in [-0.25, -0.2) is 4.98 Å². The van der Waals surface area contributed by atoms with Gasteiger partial charge in [0.15, 0.2) is 0 Å². The number of aromatic nitrogens is 2. The molecule has 1 heterocycles. The van der Waals surface area contributed by atoms with Gasteiger partial charge in [-0.15, -0.1) is 0 Å². The molecule has 0 saturated carbocycles. The molecule has 1 aromatic carbocycles. The molecule has 1 aliphatic carbocycles. The first kappa shape index (κ1) is 13.0. The van der Waals surface area contributed by atoms with Crippen molar-refractivity contribution in [2.45, 2.75) is 32.2 Å². The van der Waals surface area contributed by atoms with Crippen LogP contribution in [0.15, 0.2) is 30.6 Å². The zero-order chi connectivity index (χ0) is 13.8. The van der Waals surface area contributed by atoms with Crippen molar-refractivity contribution in [1.29, 1.82) is 0 Å². The second-order valence-corrected chi connectivity index (χ2v) is 5.13. The molecule has 0 bridgehead atoms. The smallest absolute Gasteiger partial charge is 0.104 e. The van der Waals surface area contributed by atoms with Crippen molar-refractivity contribution >= 4 is 0 Å². The molecule has 0 saturated heterocycles. The van der Waals surface area contributed by atoms with Crippen LogP contribution in [0.5, 0.6) is 0 Å². The summed E-state index contributed by atoms with van der Waals surface area (Å²) >= 11 is 0. The average molecular weight is 266 g/mol. The summed E-state index contributed by atoms with van der Waals surface area (Å²) in [5, 5.41) is 8.75. The summed E-state index contributed by atoms with van der Waals surface area (Å²) in [6, 6.07) is 8.17. The summed E-state index contributed by atoms with van der Waals surface area (Å²) < 4.78 is 2.26. The van der Waals surface area contributed by atoms with Crippen LogP contribution in [0, 0.1) is 11.8 Å². The molecular weight excluding hydrogens is 248 g/mol. The van der Waals surface area contributed by atoms with E-state index in [0.29, 0.717) is 0 Å². The fourth-order valence-corrected chi connectivity index (χ4v) is 2.75. The van der Waals surface area contributed by atoms with Gasteiger partial charge in [0.2, 0.25) is 0 Å². The molecule has 0 amide bonds. The van der Waals surface area contributed by atoms with Gasteiger partial charge in [0.25, 0.3) is 0 Å². The fourth-order valence-electron chi connectivity index (χ4n) is 2.75. The highest BCUT2D eigenvalue weighted by molar-refractivity contribution is 5.37. The normalized spacial score (nSPS) is 13.4. The van der Waals surface area contributed by atoms with E-state index in [2.05, 4.69) is 33.5 Å². The largest absolute Gasteiger partial charge is 0.384 e. The number of benzene rings is 1. The van der Waals surface area contributed by atoms with Gasteiger partial charge in [0, 0.05) is 17.8 Å². The van der Waals surface area contributed by atoms with E-state index in [0.717, 1.165) is 24.9 Å². The SMILES string of the molecule is OCC#Cc1cccc(Cn2cnc3c2CCCC3)c1. The second-order valence-electron chi connectivity index (χ2n) is 5.13. The molecule has 1 N–H and O–H groups in total. The van der Waals surface area contributed by atoms with Gasteiger partial charge in [0.05, 0.1) is 12.0 Å². The Kier molecular flexibility index (Phi) is 3.85. The third-order valence-electron chi connectivity index (χ3n) is 3.70. The van der Waals surface area contributed by atoms with Gasteiger partial charge in [-0.1, -0.05) is 24.0 Å². The van der Waals surface area contributed by atoms with Crippen LogP contribution in [0.2, 0.25) is 0 Å². The average Bonchev–Trinajstić information content (AvgIpc) is 2.89.